The van der Waals surface area contributed by atoms with Gasteiger partial charge in [-0.3, -0.25) is 4.79 Å². The maximum atomic E-state index is 11.8. The molecule has 0 aliphatic rings. The van der Waals surface area contributed by atoms with Crippen molar-refractivity contribution in [2.24, 2.45) is 11.7 Å². The van der Waals surface area contributed by atoms with E-state index in [-0.39, 0.29) is 17.4 Å². The van der Waals surface area contributed by atoms with Gasteiger partial charge in [0.25, 0.3) is 0 Å². The third-order valence-electron chi connectivity index (χ3n) is 3.50. The second-order valence-electron chi connectivity index (χ2n) is 4.91. The van der Waals surface area contributed by atoms with Crippen LogP contribution in [0.5, 0.6) is 0 Å². The first-order valence-electron chi connectivity index (χ1n) is 6.81. The van der Waals surface area contributed by atoms with Crippen LogP contribution < -0.4 is 11.1 Å². The Hall–Kier alpha value is -1.88. The number of carbonyl (C=O) groups is 2. The molecule has 1 aromatic rings. The molecular formula is C15H22N2O3. The van der Waals surface area contributed by atoms with Crippen molar-refractivity contribution < 1.29 is 14.7 Å². The van der Waals surface area contributed by atoms with Crippen LogP contribution in [0.25, 0.3) is 0 Å². The van der Waals surface area contributed by atoms with Crippen molar-refractivity contribution in [2.45, 2.75) is 32.7 Å². The highest BCUT2D eigenvalue weighted by molar-refractivity contribution is 5.89. The molecule has 0 bridgehead atoms. The minimum Gasteiger partial charge on any atom is -0.478 e. The van der Waals surface area contributed by atoms with Gasteiger partial charge in [-0.25, -0.2) is 4.79 Å². The average Bonchev–Trinajstić information content (AvgIpc) is 2.45. The van der Waals surface area contributed by atoms with Crippen LogP contribution in [0.1, 0.15) is 36.2 Å². The highest BCUT2D eigenvalue weighted by Gasteiger charge is 2.18. The lowest BCUT2D eigenvalue weighted by atomic mass is 9.99. The Morgan fingerprint density at radius 3 is 2.60 bits per heavy atom. The van der Waals surface area contributed by atoms with E-state index in [1.54, 1.807) is 24.3 Å². The zero-order chi connectivity index (χ0) is 15.1. The molecular weight excluding hydrogens is 256 g/mol. The van der Waals surface area contributed by atoms with Crippen molar-refractivity contribution >= 4 is 11.9 Å². The summed E-state index contributed by atoms with van der Waals surface area (Å²) in [6.45, 7) is 4.30. The first kappa shape index (κ1) is 16.2. The normalized spacial score (nSPS) is 13.6. The van der Waals surface area contributed by atoms with E-state index in [1.807, 2.05) is 13.8 Å². The zero-order valence-electron chi connectivity index (χ0n) is 11.9. The number of aromatic carboxylic acids is 1. The van der Waals surface area contributed by atoms with Crippen LogP contribution in [-0.2, 0) is 11.2 Å². The molecule has 0 aliphatic carbocycles. The molecule has 110 valence electrons. The van der Waals surface area contributed by atoms with E-state index in [4.69, 9.17) is 10.8 Å². The third kappa shape index (κ3) is 4.35. The molecule has 1 amide bonds. The van der Waals surface area contributed by atoms with Gasteiger partial charge in [0.1, 0.15) is 0 Å². The van der Waals surface area contributed by atoms with Crippen molar-refractivity contribution in [1.82, 2.24) is 5.32 Å². The van der Waals surface area contributed by atoms with Gasteiger partial charge in [-0.15, -0.1) is 0 Å². The number of rotatable bonds is 7. The van der Waals surface area contributed by atoms with Gasteiger partial charge in [-0.1, -0.05) is 38.5 Å². The fourth-order valence-corrected chi connectivity index (χ4v) is 1.90. The number of amides is 1. The zero-order valence-corrected chi connectivity index (χ0v) is 11.9. The van der Waals surface area contributed by atoms with Gasteiger partial charge in [-0.05, 0) is 24.0 Å². The van der Waals surface area contributed by atoms with E-state index in [0.29, 0.717) is 18.5 Å². The van der Waals surface area contributed by atoms with E-state index in [0.717, 1.165) is 6.42 Å². The largest absolute Gasteiger partial charge is 0.478 e. The molecule has 0 fully saturated rings. The lowest BCUT2D eigenvalue weighted by Crippen LogP contribution is -2.45. The van der Waals surface area contributed by atoms with Gasteiger partial charge >= 0.3 is 5.97 Å². The number of carboxylic acids is 1. The van der Waals surface area contributed by atoms with E-state index in [1.165, 1.54) is 0 Å². The van der Waals surface area contributed by atoms with Crippen LogP contribution >= 0.6 is 0 Å². The van der Waals surface area contributed by atoms with Gasteiger partial charge in [-0.2, -0.15) is 0 Å². The summed E-state index contributed by atoms with van der Waals surface area (Å²) in [4.78, 5) is 22.8. The highest BCUT2D eigenvalue weighted by atomic mass is 16.4. The fourth-order valence-electron chi connectivity index (χ4n) is 1.90. The van der Waals surface area contributed by atoms with Crippen molar-refractivity contribution in [1.29, 1.82) is 0 Å². The predicted molar refractivity (Wildman–Crippen MR) is 77.5 cm³/mol. The first-order valence-corrected chi connectivity index (χ1v) is 6.81. The molecule has 0 radical (unpaired) electrons. The molecule has 0 saturated carbocycles. The number of hydrogen-bond acceptors (Lipinski definition) is 3. The first-order chi connectivity index (χ1) is 9.47. The second-order valence-corrected chi connectivity index (χ2v) is 4.91. The van der Waals surface area contributed by atoms with Gasteiger partial charge in [0.15, 0.2) is 0 Å². The standard InChI is InChI=1S/C15H22N2O3/c1-3-10(2)13(16)14(18)17-9-8-11-6-4-5-7-12(11)15(19)20/h4-7,10,13H,3,8-9,16H2,1-2H3,(H,17,18)(H,19,20)/t10?,13-/m0/s1. The van der Waals surface area contributed by atoms with Crippen LogP contribution in [-0.4, -0.2) is 29.6 Å². The Morgan fingerprint density at radius 2 is 2.00 bits per heavy atom. The second kappa shape index (κ2) is 7.65. The van der Waals surface area contributed by atoms with Crippen LogP contribution in [0.3, 0.4) is 0 Å². The number of nitrogens with two attached hydrogens (primary N) is 1. The van der Waals surface area contributed by atoms with Crippen LogP contribution in [0.4, 0.5) is 0 Å². The molecule has 4 N–H and O–H groups in total. The summed E-state index contributed by atoms with van der Waals surface area (Å²) in [5.74, 6) is -1.02. The lowest BCUT2D eigenvalue weighted by molar-refractivity contribution is -0.123. The molecule has 0 spiro atoms. The summed E-state index contributed by atoms with van der Waals surface area (Å²) in [5.41, 5.74) is 6.80. The maximum Gasteiger partial charge on any atom is 0.335 e. The number of benzene rings is 1. The van der Waals surface area contributed by atoms with Crippen molar-refractivity contribution in [3.8, 4) is 0 Å². The SMILES string of the molecule is CCC(C)[C@H](N)C(=O)NCCc1ccccc1C(=O)O. The topological polar surface area (TPSA) is 92.4 Å². The van der Waals surface area contributed by atoms with Gasteiger partial charge in [0.05, 0.1) is 11.6 Å². The smallest absolute Gasteiger partial charge is 0.335 e. The quantitative estimate of drug-likeness (QED) is 0.703. The predicted octanol–water partition coefficient (Wildman–Crippen LogP) is 1.42. The monoisotopic (exact) mass is 278 g/mol. The Balaban J connectivity index is 2.53. The van der Waals surface area contributed by atoms with E-state index in [2.05, 4.69) is 5.32 Å². The van der Waals surface area contributed by atoms with Gasteiger partial charge in [0.2, 0.25) is 5.91 Å². The molecule has 5 heteroatoms. The summed E-state index contributed by atoms with van der Waals surface area (Å²) < 4.78 is 0. The maximum absolute atomic E-state index is 11.8. The lowest BCUT2D eigenvalue weighted by Gasteiger charge is -2.17. The van der Waals surface area contributed by atoms with Crippen molar-refractivity contribution in [3.63, 3.8) is 0 Å². The number of hydrogen-bond donors (Lipinski definition) is 3. The summed E-state index contributed by atoms with van der Waals surface area (Å²) in [5, 5.41) is 11.8. The molecule has 1 aromatic carbocycles. The fraction of sp³-hybridized carbons (Fsp3) is 0.467. The van der Waals surface area contributed by atoms with Crippen molar-refractivity contribution in [2.75, 3.05) is 6.54 Å². The molecule has 1 rings (SSSR count). The van der Waals surface area contributed by atoms with Crippen LogP contribution in [0.15, 0.2) is 24.3 Å². The van der Waals surface area contributed by atoms with Gasteiger partial charge < -0.3 is 16.2 Å². The minimum atomic E-state index is -0.955. The van der Waals surface area contributed by atoms with E-state index < -0.39 is 12.0 Å². The molecule has 0 heterocycles. The number of carbonyl (C=O) groups excluding carboxylic acids is 1. The Bertz CT molecular complexity index is 474. The van der Waals surface area contributed by atoms with E-state index >= 15 is 0 Å². The molecule has 20 heavy (non-hydrogen) atoms. The summed E-state index contributed by atoms with van der Waals surface area (Å²) in [6.07, 6.45) is 1.32. The molecule has 2 atom stereocenters. The van der Waals surface area contributed by atoms with Crippen molar-refractivity contribution in [3.05, 3.63) is 35.4 Å². The van der Waals surface area contributed by atoms with Gasteiger partial charge in [0, 0.05) is 6.54 Å². The molecule has 1 unspecified atom stereocenters. The molecule has 0 saturated heterocycles. The van der Waals surface area contributed by atoms with E-state index in [9.17, 15) is 9.59 Å². The summed E-state index contributed by atoms with van der Waals surface area (Å²) in [6, 6.07) is 6.27. The molecule has 0 aromatic heterocycles. The summed E-state index contributed by atoms with van der Waals surface area (Å²) >= 11 is 0. The van der Waals surface area contributed by atoms with Crippen LogP contribution in [0.2, 0.25) is 0 Å². The number of carboxylic acid groups (broad SMARTS) is 1. The summed E-state index contributed by atoms with van der Waals surface area (Å²) in [7, 11) is 0. The Kier molecular flexibility index (Phi) is 6.18. The average molecular weight is 278 g/mol. The molecule has 5 nitrogen and oxygen atoms in total. The Labute approximate surface area is 119 Å². The minimum absolute atomic E-state index is 0.126. The Morgan fingerprint density at radius 1 is 1.35 bits per heavy atom. The third-order valence-corrected chi connectivity index (χ3v) is 3.50. The molecule has 0 aliphatic heterocycles. The number of nitrogens with one attached hydrogen (secondary N) is 1. The van der Waals surface area contributed by atoms with Crippen LogP contribution in [0, 0.1) is 5.92 Å². The highest BCUT2D eigenvalue weighted by Crippen LogP contribution is 2.09.